The molecule has 3 rings (SSSR count). The summed E-state index contributed by atoms with van der Waals surface area (Å²) in [5, 5.41) is 12.5. The number of nitrogens with one attached hydrogen (secondary N) is 2. The molecule has 2 aromatic rings. The van der Waals surface area contributed by atoms with Crippen LogP contribution in [0.2, 0.25) is 0 Å². The predicted molar refractivity (Wildman–Crippen MR) is 84.6 cm³/mol. The van der Waals surface area contributed by atoms with E-state index in [9.17, 15) is 10.0 Å². The van der Waals surface area contributed by atoms with Crippen LogP contribution in [0.25, 0.3) is 0 Å². The maximum Gasteiger partial charge on any atom is 0.220 e. The average Bonchev–Trinajstić information content (AvgIpc) is 2.57. The first-order chi connectivity index (χ1) is 10.8. The van der Waals surface area contributed by atoms with Gasteiger partial charge in [-0.05, 0) is 17.5 Å². The van der Waals surface area contributed by atoms with Crippen molar-refractivity contribution in [3.8, 4) is 0 Å². The SMILES string of the molecule is O=C1CCC(NO)C(C(c2ccccc2)c2ccccc2)N1. The van der Waals surface area contributed by atoms with Gasteiger partial charge in [0.25, 0.3) is 0 Å². The Labute approximate surface area is 130 Å². The van der Waals surface area contributed by atoms with Crippen molar-refractivity contribution in [1.29, 1.82) is 0 Å². The lowest BCUT2D eigenvalue weighted by atomic mass is 9.79. The molecule has 1 amide bonds. The van der Waals surface area contributed by atoms with Gasteiger partial charge in [0, 0.05) is 12.3 Å². The lowest BCUT2D eigenvalue weighted by Crippen LogP contribution is -2.56. The van der Waals surface area contributed by atoms with Crippen molar-refractivity contribution >= 4 is 5.91 Å². The van der Waals surface area contributed by atoms with Crippen molar-refractivity contribution in [2.45, 2.75) is 30.8 Å². The monoisotopic (exact) mass is 296 g/mol. The van der Waals surface area contributed by atoms with E-state index in [0.29, 0.717) is 12.8 Å². The van der Waals surface area contributed by atoms with Crippen molar-refractivity contribution in [3.05, 3.63) is 71.8 Å². The molecule has 0 saturated carbocycles. The normalized spacial score (nSPS) is 21.6. The zero-order chi connectivity index (χ0) is 15.4. The molecule has 22 heavy (non-hydrogen) atoms. The van der Waals surface area contributed by atoms with Gasteiger partial charge in [0.15, 0.2) is 0 Å². The van der Waals surface area contributed by atoms with Crippen LogP contribution in [0.3, 0.4) is 0 Å². The van der Waals surface area contributed by atoms with Gasteiger partial charge in [-0.3, -0.25) is 4.79 Å². The highest BCUT2D eigenvalue weighted by atomic mass is 16.5. The van der Waals surface area contributed by atoms with Crippen LogP contribution in [0.15, 0.2) is 60.7 Å². The summed E-state index contributed by atoms with van der Waals surface area (Å²) >= 11 is 0. The molecule has 0 bridgehead atoms. The summed E-state index contributed by atoms with van der Waals surface area (Å²) < 4.78 is 0. The van der Waals surface area contributed by atoms with Crippen molar-refractivity contribution in [1.82, 2.24) is 10.8 Å². The molecule has 2 aromatic carbocycles. The number of carbonyl (C=O) groups excluding carboxylic acids is 1. The van der Waals surface area contributed by atoms with Gasteiger partial charge >= 0.3 is 0 Å². The minimum absolute atomic E-state index is 0.00343. The number of benzene rings is 2. The van der Waals surface area contributed by atoms with Crippen LogP contribution >= 0.6 is 0 Å². The lowest BCUT2D eigenvalue weighted by Gasteiger charge is -2.37. The van der Waals surface area contributed by atoms with Crippen molar-refractivity contribution < 1.29 is 10.0 Å². The molecule has 0 aromatic heterocycles. The molecular formula is C18H20N2O2. The van der Waals surface area contributed by atoms with E-state index in [1.165, 1.54) is 0 Å². The Balaban J connectivity index is 2.03. The van der Waals surface area contributed by atoms with Gasteiger partial charge in [0.05, 0.1) is 12.1 Å². The fourth-order valence-corrected chi connectivity index (χ4v) is 3.21. The van der Waals surface area contributed by atoms with E-state index in [1.54, 1.807) is 0 Å². The molecule has 1 saturated heterocycles. The van der Waals surface area contributed by atoms with Crippen LogP contribution in [-0.4, -0.2) is 23.2 Å². The minimum Gasteiger partial charge on any atom is -0.351 e. The average molecular weight is 296 g/mol. The Morgan fingerprint density at radius 2 is 1.55 bits per heavy atom. The second-order valence-corrected chi connectivity index (χ2v) is 5.67. The Bertz CT molecular complexity index is 576. The first-order valence-electron chi connectivity index (χ1n) is 7.58. The van der Waals surface area contributed by atoms with Gasteiger partial charge in [0.2, 0.25) is 5.91 Å². The maximum atomic E-state index is 11.9. The highest BCUT2D eigenvalue weighted by Gasteiger charge is 2.36. The first kappa shape index (κ1) is 14.8. The summed E-state index contributed by atoms with van der Waals surface area (Å²) in [6, 6.07) is 19.8. The molecular weight excluding hydrogens is 276 g/mol. The molecule has 2 atom stereocenters. The van der Waals surface area contributed by atoms with E-state index in [1.807, 2.05) is 36.4 Å². The van der Waals surface area contributed by atoms with Crippen LogP contribution in [0, 0.1) is 0 Å². The van der Waals surface area contributed by atoms with E-state index in [-0.39, 0.29) is 23.9 Å². The number of rotatable bonds is 4. The third-order valence-corrected chi connectivity index (χ3v) is 4.29. The number of amides is 1. The number of hydrogen-bond donors (Lipinski definition) is 3. The summed E-state index contributed by atoms with van der Waals surface area (Å²) in [4.78, 5) is 11.9. The standard InChI is InChI=1S/C18H20N2O2/c21-16-12-11-15(20-22)18(19-16)17(13-7-3-1-4-8-13)14-9-5-2-6-10-14/h1-10,15,17-18,20,22H,11-12H2,(H,19,21). The highest BCUT2D eigenvalue weighted by Crippen LogP contribution is 2.32. The number of hydroxylamine groups is 1. The summed E-state index contributed by atoms with van der Waals surface area (Å²) in [7, 11) is 0. The van der Waals surface area contributed by atoms with Crippen molar-refractivity contribution in [3.63, 3.8) is 0 Å². The van der Waals surface area contributed by atoms with E-state index >= 15 is 0 Å². The van der Waals surface area contributed by atoms with Gasteiger partial charge in [-0.25, -0.2) is 5.48 Å². The summed E-state index contributed by atoms with van der Waals surface area (Å²) in [6.45, 7) is 0. The van der Waals surface area contributed by atoms with Crippen molar-refractivity contribution in [2.24, 2.45) is 0 Å². The Hall–Kier alpha value is -2.17. The summed E-state index contributed by atoms with van der Waals surface area (Å²) in [6.07, 6.45) is 1.06. The van der Waals surface area contributed by atoms with E-state index in [4.69, 9.17) is 0 Å². The molecule has 0 aliphatic carbocycles. The van der Waals surface area contributed by atoms with E-state index < -0.39 is 0 Å². The smallest absolute Gasteiger partial charge is 0.220 e. The van der Waals surface area contributed by atoms with Crippen molar-refractivity contribution in [2.75, 3.05) is 0 Å². The molecule has 3 N–H and O–H groups in total. The molecule has 1 fully saturated rings. The van der Waals surface area contributed by atoms with E-state index in [2.05, 4.69) is 35.1 Å². The third kappa shape index (κ3) is 3.03. The quantitative estimate of drug-likeness (QED) is 0.760. The Morgan fingerprint density at radius 3 is 2.05 bits per heavy atom. The second kappa shape index (κ2) is 6.73. The molecule has 114 valence electrons. The fourth-order valence-electron chi connectivity index (χ4n) is 3.21. The van der Waals surface area contributed by atoms with Crippen LogP contribution in [0.5, 0.6) is 0 Å². The minimum atomic E-state index is -0.184. The van der Waals surface area contributed by atoms with E-state index in [0.717, 1.165) is 11.1 Å². The van der Waals surface area contributed by atoms with Gasteiger partial charge in [0.1, 0.15) is 0 Å². The van der Waals surface area contributed by atoms with Crippen LogP contribution < -0.4 is 10.8 Å². The van der Waals surface area contributed by atoms with Gasteiger partial charge in [-0.1, -0.05) is 60.7 Å². The number of carbonyl (C=O) groups is 1. The molecule has 1 aliphatic heterocycles. The molecule has 0 radical (unpaired) electrons. The topological polar surface area (TPSA) is 61.4 Å². The van der Waals surface area contributed by atoms with Crippen LogP contribution in [0.1, 0.15) is 29.9 Å². The fraction of sp³-hybridized carbons (Fsp3) is 0.278. The Morgan fingerprint density at radius 1 is 1.00 bits per heavy atom. The lowest BCUT2D eigenvalue weighted by molar-refractivity contribution is -0.124. The maximum absolute atomic E-state index is 11.9. The molecule has 1 aliphatic rings. The summed E-state index contributed by atoms with van der Waals surface area (Å²) in [5.74, 6) is 0.0321. The number of hydrogen-bond acceptors (Lipinski definition) is 3. The van der Waals surface area contributed by atoms with Crippen LogP contribution in [0.4, 0.5) is 0 Å². The zero-order valence-corrected chi connectivity index (χ0v) is 12.3. The van der Waals surface area contributed by atoms with Gasteiger partial charge < -0.3 is 10.5 Å². The van der Waals surface area contributed by atoms with Gasteiger partial charge in [-0.2, -0.15) is 0 Å². The van der Waals surface area contributed by atoms with Gasteiger partial charge in [-0.15, -0.1) is 0 Å². The molecule has 4 nitrogen and oxygen atoms in total. The zero-order valence-electron chi connectivity index (χ0n) is 12.3. The Kier molecular flexibility index (Phi) is 4.51. The first-order valence-corrected chi connectivity index (χ1v) is 7.58. The summed E-state index contributed by atoms with van der Waals surface area (Å²) in [5.41, 5.74) is 4.63. The molecule has 2 unspecified atom stereocenters. The highest BCUT2D eigenvalue weighted by molar-refractivity contribution is 5.77. The largest absolute Gasteiger partial charge is 0.351 e. The molecule has 1 heterocycles. The molecule has 4 heteroatoms. The third-order valence-electron chi connectivity index (χ3n) is 4.29. The predicted octanol–water partition coefficient (Wildman–Crippen LogP) is 2.44. The molecule has 0 spiro atoms. The van der Waals surface area contributed by atoms with Crippen LogP contribution in [-0.2, 0) is 4.79 Å². The second-order valence-electron chi connectivity index (χ2n) is 5.67. The number of piperidine rings is 1.